The summed E-state index contributed by atoms with van der Waals surface area (Å²) < 4.78 is 4.61. The minimum Gasteiger partial charge on any atom is -0.465 e. The zero-order valence-corrected chi connectivity index (χ0v) is 12.1. The third kappa shape index (κ3) is 2.98. The van der Waals surface area contributed by atoms with Crippen LogP contribution in [0, 0.1) is 6.92 Å². The highest BCUT2D eigenvalue weighted by Gasteiger charge is 2.17. The minimum atomic E-state index is -0.477. The summed E-state index contributed by atoms with van der Waals surface area (Å²) in [7, 11) is 1.31. The molecule has 0 radical (unpaired) electrons. The summed E-state index contributed by atoms with van der Waals surface area (Å²) in [6.45, 7) is 2.50. The van der Waals surface area contributed by atoms with Crippen LogP contribution < -0.4 is 5.32 Å². The van der Waals surface area contributed by atoms with Crippen molar-refractivity contribution in [2.45, 2.75) is 13.5 Å². The van der Waals surface area contributed by atoms with Crippen LogP contribution in [0.4, 0.5) is 5.13 Å². The van der Waals surface area contributed by atoms with Gasteiger partial charge in [-0.3, -0.25) is 0 Å². The van der Waals surface area contributed by atoms with Crippen molar-refractivity contribution in [1.82, 2.24) is 9.97 Å². The summed E-state index contributed by atoms with van der Waals surface area (Å²) in [5, 5.41) is 6.79. The molecule has 0 spiro atoms. The van der Waals surface area contributed by atoms with Crippen molar-refractivity contribution < 1.29 is 9.53 Å². The number of methoxy groups -OCH3 is 1. The zero-order valence-electron chi connectivity index (χ0n) is 9.69. The van der Waals surface area contributed by atoms with E-state index in [1.807, 2.05) is 12.3 Å². The van der Waals surface area contributed by atoms with Crippen LogP contribution in [-0.4, -0.2) is 23.0 Å². The first kappa shape index (κ1) is 13.3. The number of thiazole rings is 2. The predicted octanol–water partition coefficient (Wildman–Crippen LogP) is 2.96. The lowest BCUT2D eigenvalue weighted by atomic mass is 10.5. The number of hydrogen-bond donors (Lipinski definition) is 1. The van der Waals surface area contributed by atoms with Gasteiger partial charge >= 0.3 is 5.97 Å². The highest BCUT2D eigenvalue weighted by molar-refractivity contribution is 7.18. The SMILES string of the molecule is COC(=O)c1sc(NCc2csc(C)n2)nc1Cl. The predicted molar refractivity (Wildman–Crippen MR) is 72.6 cm³/mol. The number of nitrogens with one attached hydrogen (secondary N) is 1. The third-order valence-electron chi connectivity index (χ3n) is 2.04. The molecule has 0 saturated heterocycles. The number of anilines is 1. The van der Waals surface area contributed by atoms with E-state index in [1.165, 1.54) is 18.4 Å². The molecule has 8 heteroatoms. The average molecular weight is 304 g/mol. The lowest BCUT2D eigenvalue weighted by Gasteiger charge is -1.97. The normalized spacial score (nSPS) is 10.4. The second-order valence-corrected chi connectivity index (χ2v) is 5.76. The van der Waals surface area contributed by atoms with E-state index in [0.717, 1.165) is 10.7 Å². The van der Waals surface area contributed by atoms with Gasteiger partial charge in [-0.05, 0) is 6.92 Å². The first-order chi connectivity index (χ1) is 8.60. The van der Waals surface area contributed by atoms with Gasteiger partial charge in [0.05, 0.1) is 24.4 Å². The smallest absolute Gasteiger partial charge is 0.351 e. The fourth-order valence-electron chi connectivity index (χ4n) is 1.25. The van der Waals surface area contributed by atoms with E-state index in [1.54, 1.807) is 11.3 Å². The summed E-state index contributed by atoms with van der Waals surface area (Å²) >= 11 is 8.60. The molecule has 2 heterocycles. The zero-order chi connectivity index (χ0) is 13.1. The molecule has 2 rings (SSSR count). The van der Waals surface area contributed by atoms with Gasteiger partial charge in [-0.15, -0.1) is 11.3 Å². The van der Waals surface area contributed by atoms with Crippen molar-refractivity contribution in [2.24, 2.45) is 0 Å². The highest BCUT2D eigenvalue weighted by atomic mass is 35.5. The van der Waals surface area contributed by atoms with Gasteiger partial charge in [0.2, 0.25) is 0 Å². The maximum atomic E-state index is 11.4. The van der Waals surface area contributed by atoms with Crippen molar-refractivity contribution in [1.29, 1.82) is 0 Å². The maximum absolute atomic E-state index is 11.4. The van der Waals surface area contributed by atoms with Crippen LogP contribution in [0.2, 0.25) is 5.15 Å². The maximum Gasteiger partial charge on any atom is 0.351 e. The molecule has 5 nitrogen and oxygen atoms in total. The van der Waals surface area contributed by atoms with Gasteiger partial charge in [-0.2, -0.15) is 0 Å². The summed E-state index contributed by atoms with van der Waals surface area (Å²) in [4.78, 5) is 20.0. The Balaban J connectivity index is 2.04. The lowest BCUT2D eigenvalue weighted by Crippen LogP contribution is -1.99. The molecule has 0 aliphatic rings. The van der Waals surface area contributed by atoms with E-state index in [2.05, 4.69) is 20.0 Å². The summed E-state index contributed by atoms with van der Waals surface area (Å²) in [6.07, 6.45) is 0. The summed E-state index contributed by atoms with van der Waals surface area (Å²) in [6, 6.07) is 0. The molecule has 0 saturated carbocycles. The van der Waals surface area contributed by atoms with Gasteiger partial charge in [-0.25, -0.2) is 14.8 Å². The Morgan fingerprint density at radius 3 is 2.94 bits per heavy atom. The van der Waals surface area contributed by atoms with Crippen LogP contribution in [-0.2, 0) is 11.3 Å². The van der Waals surface area contributed by atoms with E-state index in [0.29, 0.717) is 16.6 Å². The molecular formula is C10H10ClN3O2S2. The minimum absolute atomic E-state index is 0.156. The van der Waals surface area contributed by atoms with Crippen LogP contribution >= 0.6 is 34.3 Å². The van der Waals surface area contributed by atoms with E-state index >= 15 is 0 Å². The van der Waals surface area contributed by atoms with Gasteiger partial charge in [0.1, 0.15) is 0 Å². The molecule has 18 heavy (non-hydrogen) atoms. The molecule has 0 atom stereocenters. The largest absolute Gasteiger partial charge is 0.465 e. The molecule has 96 valence electrons. The number of halogens is 1. The monoisotopic (exact) mass is 303 g/mol. The van der Waals surface area contributed by atoms with Gasteiger partial charge in [0.15, 0.2) is 15.2 Å². The Bertz CT molecular complexity index is 567. The van der Waals surface area contributed by atoms with Crippen LogP contribution in [0.15, 0.2) is 5.38 Å². The highest BCUT2D eigenvalue weighted by Crippen LogP contribution is 2.27. The van der Waals surface area contributed by atoms with E-state index < -0.39 is 5.97 Å². The molecule has 2 aromatic heterocycles. The van der Waals surface area contributed by atoms with E-state index in [-0.39, 0.29) is 5.15 Å². The second-order valence-electron chi connectivity index (χ2n) is 3.34. The first-order valence-electron chi connectivity index (χ1n) is 4.99. The molecule has 2 aromatic rings. The Kier molecular flexibility index (Phi) is 4.15. The molecular weight excluding hydrogens is 294 g/mol. The van der Waals surface area contributed by atoms with Gasteiger partial charge in [0, 0.05) is 5.38 Å². The lowest BCUT2D eigenvalue weighted by molar-refractivity contribution is 0.0606. The Hall–Kier alpha value is -1.18. The third-order valence-corrected chi connectivity index (χ3v) is 4.24. The number of aromatic nitrogens is 2. The van der Waals surface area contributed by atoms with Crippen LogP contribution in [0.5, 0.6) is 0 Å². The van der Waals surface area contributed by atoms with Crippen molar-refractivity contribution >= 4 is 45.4 Å². The quantitative estimate of drug-likeness (QED) is 0.880. The molecule has 1 N–H and O–H groups in total. The number of rotatable bonds is 4. The van der Waals surface area contributed by atoms with E-state index in [9.17, 15) is 4.79 Å². The van der Waals surface area contributed by atoms with Crippen molar-refractivity contribution in [2.75, 3.05) is 12.4 Å². The molecule has 0 aliphatic carbocycles. The topological polar surface area (TPSA) is 64.1 Å². The molecule has 0 amide bonds. The standard InChI is InChI=1S/C10H10ClN3O2S2/c1-5-13-6(4-17-5)3-12-10-14-8(11)7(18-10)9(15)16-2/h4H,3H2,1-2H3,(H,12,14). The number of esters is 1. The Morgan fingerprint density at radius 2 is 2.33 bits per heavy atom. The Labute approximate surface area is 117 Å². The number of ether oxygens (including phenoxy) is 1. The van der Waals surface area contributed by atoms with Gasteiger partial charge < -0.3 is 10.1 Å². The molecule has 0 aromatic carbocycles. The van der Waals surface area contributed by atoms with Crippen LogP contribution in [0.3, 0.4) is 0 Å². The summed E-state index contributed by atoms with van der Waals surface area (Å²) in [5.74, 6) is -0.477. The van der Waals surface area contributed by atoms with Crippen molar-refractivity contribution in [3.05, 3.63) is 26.1 Å². The molecule has 0 unspecified atom stereocenters. The van der Waals surface area contributed by atoms with Crippen molar-refractivity contribution in [3.8, 4) is 0 Å². The number of nitrogens with zero attached hydrogens (tertiary/aromatic N) is 2. The Morgan fingerprint density at radius 1 is 1.56 bits per heavy atom. The van der Waals surface area contributed by atoms with Gasteiger partial charge in [0.25, 0.3) is 0 Å². The molecule has 0 aliphatic heterocycles. The fourth-order valence-corrected chi connectivity index (χ4v) is 2.96. The van der Waals surface area contributed by atoms with Gasteiger partial charge in [-0.1, -0.05) is 22.9 Å². The van der Waals surface area contributed by atoms with Crippen molar-refractivity contribution in [3.63, 3.8) is 0 Å². The number of carbonyl (C=O) groups excluding carboxylic acids is 1. The molecule has 0 bridgehead atoms. The number of aryl methyl sites for hydroxylation is 1. The van der Waals surface area contributed by atoms with Crippen LogP contribution in [0.25, 0.3) is 0 Å². The number of hydrogen-bond acceptors (Lipinski definition) is 7. The first-order valence-corrected chi connectivity index (χ1v) is 7.07. The summed E-state index contributed by atoms with van der Waals surface area (Å²) in [5.41, 5.74) is 0.934. The average Bonchev–Trinajstić information content (AvgIpc) is 2.92. The van der Waals surface area contributed by atoms with Crippen LogP contribution in [0.1, 0.15) is 20.4 Å². The fraction of sp³-hybridized carbons (Fsp3) is 0.300. The second kappa shape index (κ2) is 5.64. The number of carbonyl (C=O) groups is 1. The van der Waals surface area contributed by atoms with E-state index in [4.69, 9.17) is 11.6 Å². The molecule has 0 fully saturated rings.